The van der Waals surface area contributed by atoms with Crippen molar-refractivity contribution in [3.8, 4) is 0 Å². The van der Waals surface area contributed by atoms with Crippen LogP contribution in [-0.2, 0) is 36.5 Å². The predicted molar refractivity (Wildman–Crippen MR) is 85.6 cm³/mol. The lowest BCUT2D eigenvalue weighted by atomic mass is 10.1. The summed E-state index contributed by atoms with van der Waals surface area (Å²) >= 11 is 0. The topological polar surface area (TPSA) is 79.6 Å². The molecule has 0 radical (unpaired) electrons. The molecule has 0 aliphatic carbocycles. The lowest BCUT2D eigenvalue weighted by Gasteiger charge is -2.22. The number of carbonyl (C=O) groups is 2. The second-order valence-electron chi connectivity index (χ2n) is 6.19. The number of halogens is 3. The Balaban J connectivity index is 1.83. The zero-order valence-electron chi connectivity index (χ0n) is 14.5. The van der Waals surface area contributed by atoms with Gasteiger partial charge in [-0.05, 0) is 18.2 Å². The van der Waals surface area contributed by atoms with Gasteiger partial charge in [0, 0.05) is 13.8 Å². The summed E-state index contributed by atoms with van der Waals surface area (Å²) in [5.41, 5.74) is -0.127. The van der Waals surface area contributed by atoms with E-state index < -0.39 is 42.0 Å². The van der Waals surface area contributed by atoms with Gasteiger partial charge in [-0.3, -0.25) is 9.59 Å². The number of carbonyl (C=O) groups excluding carboxylic acids is 2. The summed E-state index contributed by atoms with van der Waals surface area (Å²) in [5, 5.41) is 0. The van der Waals surface area contributed by atoms with Gasteiger partial charge in [0.1, 0.15) is 6.10 Å². The number of ether oxygens (including phenoxy) is 3. The van der Waals surface area contributed by atoms with Crippen LogP contribution in [0.4, 0.5) is 13.2 Å². The van der Waals surface area contributed by atoms with E-state index in [1.165, 1.54) is 26.2 Å². The number of rotatable bonds is 4. The third-order valence-electron chi connectivity index (χ3n) is 4.15. The lowest BCUT2D eigenvalue weighted by molar-refractivity contribution is -0.163. The number of alkyl halides is 3. The van der Waals surface area contributed by atoms with Crippen LogP contribution in [0.3, 0.4) is 0 Å². The van der Waals surface area contributed by atoms with E-state index in [2.05, 4.69) is 4.98 Å². The predicted octanol–water partition coefficient (Wildman–Crippen LogP) is 2.32. The summed E-state index contributed by atoms with van der Waals surface area (Å²) in [6, 6.07) is 3.26. The van der Waals surface area contributed by atoms with Crippen LogP contribution in [0.25, 0.3) is 11.0 Å². The van der Waals surface area contributed by atoms with Gasteiger partial charge >= 0.3 is 18.1 Å². The monoisotopic (exact) mass is 386 g/mol. The van der Waals surface area contributed by atoms with E-state index in [9.17, 15) is 22.8 Å². The molecule has 2 heterocycles. The fraction of sp³-hybridized carbons (Fsp3) is 0.471. The lowest BCUT2D eigenvalue weighted by Crippen LogP contribution is -2.39. The Morgan fingerprint density at radius 1 is 1.26 bits per heavy atom. The second-order valence-corrected chi connectivity index (χ2v) is 6.19. The number of nitrogens with zero attached hydrogens (tertiary/aromatic N) is 2. The highest BCUT2D eigenvalue weighted by atomic mass is 19.4. The van der Waals surface area contributed by atoms with Crippen molar-refractivity contribution >= 4 is 23.0 Å². The van der Waals surface area contributed by atoms with Crippen molar-refractivity contribution in [2.24, 2.45) is 0 Å². The van der Waals surface area contributed by atoms with Gasteiger partial charge in [-0.2, -0.15) is 13.2 Å². The number of aromatic nitrogens is 2. The van der Waals surface area contributed by atoms with Crippen LogP contribution in [-0.4, -0.2) is 46.4 Å². The molecule has 3 rings (SSSR count). The minimum atomic E-state index is -4.45. The summed E-state index contributed by atoms with van der Waals surface area (Å²) in [6.07, 6.45) is -5.28. The molecule has 146 valence electrons. The van der Waals surface area contributed by atoms with Gasteiger partial charge in [-0.25, -0.2) is 4.98 Å². The highest BCUT2D eigenvalue weighted by molar-refractivity contribution is 5.76. The highest BCUT2D eigenvalue weighted by Crippen LogP contribution is 2.31. The Morgan fingerprint density at radius 3 is 2.59 bits per heavy atom. The molecule has 1 aliphatic rings. The Kier molecular flexibility index (Phi) is 5.09. The van der Waals surface area contributed by atoms with Gasteiger partial charge in [0.15, 0.2) is 12.2 Å². The molecule has 1 fully saturated rings. The zero-order chi connectivity index (χ0) is 19.8. The van der Waals surface area contributed by atoms with Crippen molar-refractivity contribution in [2.75, 3.05) is 6.61 Å². The number of hydrogen-bond acceptors (Lipinski definition) is 6. The number of esters is 2. The quantitative estimate of drug-likeness (QED) is 0.751. The standard InChI is InChI=1S/C17H17F3N2O5/c1-9(23)26-15-7-25-14(16(15)27-10(2)24)6-22-8-21-12-5-11(17(18,19)20)3-4-13(12)22/h3-5,8,14-16H,6-7H2,1-2H3/t14-,15+,16-/m1/s1. The molecule has 3 atom stereocenters. The average molecular weight is 386 g/mol. The maximum Gasteiger partial charge on any atom is 0.416 e. The van der Waals surface area contributed by atoms with Gasteiger partial charge in [-0.15, -0.1) is 0 Å². The molecule has 1 saturated heterocycles. The largest absolute Gasteiger partial charge is 0.456 e. The Hall–Kier alpha value is -2.62. The highest BCUT2D eigenvalue weighted by Gasteiger charge is 2.42. The van der Waals surface area contributed by atoms with E-state index in [-0.39, 0.29) is 18.7 Å². The SMILES string of the molecule is CC(=O)O[C@H]1[C@@H](OC(C)=O)CO[C@@H]1Cn1cnc2cc(C(F)(F)F)ccc21. The first kappa shape index (κ1) is 19.2. The third-order valence-corrected chi connectivity index (χ3v) is 4.15. The molecule has 2 aromatic rings. The maximum absolute atomic E-state index is 12.8. The average Bonchev–Trinajstić information content (AvgIpc) is 3.11. The molecule has 0 N–H and O–H groups in total. The van der Waals surface area contributed by atoms with Crippen molar-refractivity contribution in [1.82, 2.24) is 9.55 Å². The van der Waals surface area contributed by atoms with E-state index in [1.54, 1.807) is 4.57 Å². The molecule has 7 nitrogen and oxygen atoms in total. The van der Waals surface area contributed by atoms with Gasteiger partial charge in [0.05, 0.1) is 36.1 Å². The molecule has 1 aromatic carbocycles. The maximum atomic E-state index is 12.8. The number of imidazole rings is 1. The third kappa shape index (κ3) is 4.21. The molecule has 0 amide bonds. The van der Waals surface area contributed by atoms with Gasteiger partial charge < -0.3 is 18.8 Å². The first-order valence-electron chi connectivity index (χ1n) is 8.13. The Labute approximate surface area is 152 Å². The molecule has 27 heavy (non-hydrogen) atoms. The zero-order valence-corrected chi connectivity index (χ0v) is 14.5. The van der Waals surface area contributed by atoms with E-state index in [0.717, 1.165) is 12.1 Å². The first-order valence-corrected chi connectivity index (χ1v) is 8.13. The van der Waals surface area contributed by atoms with E-state index in [1.807, 2.05) is 0 Å². The smallest absolute Gasteiger partial charge is 0.416 e. The number of benzene rings is 1. The summed E-state index contributed by atoms with van der Waals surface area (Å²) in [6.45, 7) is 2.68. The van der Waals surface area contributed by atoms with Crippen LogP contribution in [0.15, 0.2) is 24.5 Å². The summed E-state index contributed by atoms with van der Waals surface area (Å²) < 4.78 is 56.0. The van der Waals surface area contributed by atoms with Crippen molar-refractivity contribution in [3.63, 3.8) is 0 Å². The Bertz CT molecular complexity index is 864. The number of fused-ring (bicyclic) bond motifs is 1. The Morgan fingerprint density at radius 2 is 1.96 bits per heavy atom. The van der Waals surface area contributed by atoms with Crippen LogP contribution in [0.1, 0.15) is 19.4 Å². The van der Waals surface area contributed by atoms with Crippen LogP contribution in [0.5, 0.6) is 0 Å². The van der Waals surface area contributed by atoms with Crippen molar-refractivity contribution in [1.29, 1.82) is 0 Å². The molecule has 10 heteroatoms. The summed E-state index contributed by atoms with van der Waals surface area (Å²) in [5.74, 6) is -1.09. The minimum absolute atomic E-state index is 0.0487. The normalized spacial score (nSPS) is 22.8. The molecule has 0 saturated carbocycles. The molecular weight excluding hydrogens is 369 g/mol. The molecule has 1 aromatic heterocycles. The molecule has 0 unspecified atom stereocenters. The van der Waals surface area contributed by atoms with Gasteiger partial charge in [0.2, 0.25) is 0 Å². The van der Waals surface area contributed by atoms with Crippen molar-refractivity contribution in [2.45, 2.75) is 44.9 Å². The summed E-state index contributed by atoms with van der Waals surface area (Å²) in [7, 11) is 0. The second kappa shape index (κ2) is 7.18. The molecule has 0 bridgehead atoms. The van der Waals surface area contributed by atoms with E-state index in [4.69, 9.17) is 14.2 Å². The van der Waals surface area contributed by atoms with Gasteiger partial charge in [0.25, 0.3) is 0 Å². The minimum Gasteiger partial charge on any atom is -0.456 e. The fourth-order valence-corrected chi connectivity index (χ4v) is 3.04. The molecule has 1 aliphatic heterocycles. The van der Waals surface area contributed by atoms with Gasteiger partial charge in [-0.1, -0.05) is 0 Å². The van der Waals surface area contributed by atoms with Crippen LogP contribution in [0, 0.1) is 0 Å². The van der Waals surface area contributed by atoms with Crippen LogP contribution in [0.2, 0.25) is 0 Å². The molecule has 0 spiro atoms. The van der Waals surface area contributed by atoms with Crippen molar-refractivity contribution < 1.29 is 37.0 Å². The summed E-state index contributed by atoms with van der Waals surface area (Å²) in [4.78, 5) is 26.6. The molecular formula is C17H17F3N2O5. The van der Waals surface area contributed by atoms with Crippen LogP contribution >= 0.6 is 0 Å². The van der Waals surface area contributed by atoms with E-state index >= 15 is 0 Å². The van der Waals surface area contributed by atoms with Crippen LogP contribution < -0.4 is 0 Å². The number of hydrogen-bond donors (Lipinski definition) is 0. The fourth-order valence-electron chi connectivity index (χ4n) is 3.04. The first-order chi connectivity index (χ1) is 12.6. The van der Waals surface area contributed by atoms with Crippen molar-refractivity contribution in [3.05, 3.63) is 30.1 Å². The van der Waals surface area contributed by atoms with E-state index in [0.29, 0.717) is 5.52 Å².